The van der Waals surface area contributed by atoms with Gasteiger partial charge in [0.1, 0.15) is 0 Å². The second kappa shape index (κ2) is 7.82. The Kier molecular flexibility index (Phi) is 5.80. The molecule has 0 heterocycles. The van der Waals surface area contributed by atoms with Gasteiger partial charge < -0.3 is 0 Å². The predicted octanol–water partition coefficient (Wildman–Crippen LogP) is 4.75. The van der Waals surface area contributed by atoms with Crippen molar-refractivity contribution in [2.45, 2.75) is 27.3 Å². The lowest BCUT2D eigenvalue weighted by atomic mass is 9.98. The molecule has 2 nitrogen and oxygen atoms in total. The number of likely N-dealkylation sites (N-methyl/N-ethyl adjacent to an activating group) is 1. The van der Waals surface area contributed by atoms with Crippen LogP contribution in [0.15, 0.2) is 48.6 Å². The van der Waals surface area contributed by atoms with E-state index in [0.717, 1.165) is 29.4 Å². The molecule has 24 heavy (non-hydrogen) atoms. The van der Waals surface area contributed by atoms with Crippen LogP contribution in [0.2, 0.25) is 0 Å². The second-order valence-electron chi connectivity index (χ2n) is 7.05. The summed E-state index contributed by atoms with van der Waals surface area (Å²) < 4.78 is 0. The number of allylic oxidation sites excluding steroid dienone is 1. The summed E-state index contributed by atoms with van der Waals surface area (Å²) in [6.45, 7) is 8.00. The van der Waals surface area contributed by atoms with Crippen LogP contribution in [-0.2, 0) is 6.54 Å². The zero-order valence-electron chi connectivity index (χ0n) is 14.9. The highest BCUT2D eigenvalue weighted by atomic mass is 15.1. The van der Waals surface area contributed by atoms with E-state index in [0.29, 0.717) is 0 Å². The molecule has 0 radical (unpaired) electrons. The van der Waals surface area contributed by atoms with Gasteiger partial charge in [0, 0.05) is 18.5 Å². The first kappa shape index (κ1) is 17.8. The number of rotatable bonds is 4. The van der Waals surface area contributed by atoms with Crippen molar-refractivity contribution in [1.82, 2.24) is 4.90 Å². The molecule has 0 saturated carbocycles. The molecule has 0 bridgehead atoms. The van der Waals surface area contributed by atoms with Gasteiger partial charge in [-0.05, 0) is 56.3 Å². The van der Waals surface area contributed by atoms with Crippen LogP contribution in [0.25, 0.3) is 10.8 Å². The van der Waals surface area contributed by atoms with Crippen molar-refractivity contribution in [1.29, 1.82) is 5.26 Å². The van der Waals surface area contributed by atoms with E-state index in [1.165, 1.54) is 5.56 Å². The minimum Gasteiger partial charge on any atom is -0.298 e. The molecule has 0 atom stereocenters. The van der Waals surface area contributed by atoms with Gasteiger partial charge in [0.25, 0.3) is 0 Å². The van der Waals surface area contributed by atoms with Gasteiger partial charge in [-0.25, -0.2) is 0 Å². The zero-order valence-corrected chi connectivity index (χ0v) is 14.9. The highest BCUT2D eigenvalue weighted by molar-refractivity contribution is 5.90. The van der Waals surface area contributed by atoms with Gasteiger partial charge in [-0.2, -0.15) is 5.26 Å². The highest BCUT2D eigenvalue weighted by Crippen LogP contribution is 2.23. The molecular formula is C22H24N2. The van der Waals surface area contributed by atoms with Crippen molar-refractivity contribution >= 4 is 10.8 Å². The van der Waals surface area contributed by atoms with Gasteiger partial charge in [-0.15, -0.1) is 0 Å². The summed E-state index contributed by atoms with van der Waals surface area (Å²) in [6, 6.07) is 14.3. The number of nitrogens with zero attached hydrogens (tertiary/aromatic N) is 2. The van der Waals surface area contributed by atoms with Crippen LogP contribution in [0.1, 0.15) is 31.9 Å². The van der Waals surface area contributed by atoms with Crippen LogP contribution in [0.4, 0.5) is 0 Å². The average molecular weight is 316 g/mol. The van der Waals surface area contributed by atoms with E-state index in [9.17, 15) is 5.26 Å². The SMILES string of the molecule is CN(C/C=C/C#CC(C)(C)C)Cc1ccc(C#N)c2ccccc12. The summed E-state index contributed by atoms with van der Waals surface area (Å²) in [5.74, 6) is 6.29. The first-order valence-corrected chi connectivity index (χ1v) is 8.18. The fraction of sp³-hybridized carbons (Fsp3) is 0.318. The molecule has 0 aliphatic heterocycles. The Morgan fingerprint density at radius 1 is 1.08 bits per heavy atom. The maximum Gasteiger partial charge on any atom is 0.0998 e. The van der Waals surface area contributed by atoms with E-state index < -0.39 is 0 Å². The van der Waals surface area contributed by atoms with Crippen LogP contribution in [0, 0.1) is 28.6 Å². The summed E-state index contributed by atoms with van der Waals surface area (Å²) in [6.07, 6.45) is 4.02. The molecule has 122 valence electrons. The monoisotopic (exact) mass is 316 g/mol. The maximum absolute atomic E-state index is 9.25. The molecule has 2 aromatic carbocycles. The zero-order chi connectivity index (χ0) is 17.6. The lowest BCUT2D eigenvalue weighted by molar-refractivity contribution is 0.365. The third-order valence-electron chi connectivity index (χ3n) is 3.64. The molecular weight excluding hydrogens is 292 g/mol. The molecule has 0 unspecified atom stereocenters. The lowest BCUT2D eigenvalue weighted by Gasteiger charge is -2.16. The number of benzene rings is 2. The fourth-order valence-corrected chi connectivity index (χ4v) is 2.50. The van der Waals surface area contributed by atoms with Crippen LogP contribution in [-0.4, -0.2) is 18.5 Å². The molecule has 0 aliphatic carbocycles. The van der Waals surface area contributed by atoms with Gasteiger partial charge in [0.05, 0.1) is 11.6 Å². The van der Waals surface area contributed by atoms with Gasteiger partial charge in [-0.3, -0.25) is 4.90 Å². The quantitative estimate of drug-likeness (QED) is 0.761. The Morgan fingerprint density at radius 3 is 2.46 bits per heavy atom. The third-order valence-corrected chi connectivity index (χ3v) is 3.64. The number of nitriles is 1. The number of fused-ring (bicyclic) bond motifs is 1. The van der Waals surface area contributed by atoms with Crippen molar-refractivity contribution in [2.75, 3.05) is 13.6 Å². The molecule has 0 fully saturated rings. The van der Waals surface area contributed by atoms with Gasteiger partial charge in [0.15, 0.2) is 0 Å². The second-order valence-corrected chi connectivity index (χ2v) is 7.05. The van der Waals surface area contributed by atoms with Crippen molar-refractivity contribution in [3.05, 3.63) is 59.7 Å². The van der Waals surface area contributed by atoms with Crippen molar-refractivity contribution in [3.63, 3.8) is 0 Å². The Morgan fingerprint density at radius 2 is 1.79 bits per heavy atom. The van der Waals surface area contributed by atoms with Gasteiger partial charge in [-0.1, -0.05) is 48.2 Å². The van der Waals surface area contributed by atoms with Crippen molar-refractivity contribution < 1.29 is 0 Å². The molecule has 2 heteroatoms. The van der Waals surface area contributed by atoms with E-state index in [1.54, 1.807) is 0 Å². The molecule has 0 saturated heterocycles. The van der Waals surface area contributed by atoms with E-state index in [2.05, 4.69) is 68.8 Å². The molecule has 0 amide bonds. The summed E-state index contributed by atoms with van der Waals surface area (Å²) in [5, 5.41) is 11.4. The van der Waals surface area contributed by atoms with E-state index >= 15 is 0 Å². The summed E-state index contributed by atoms with van der Waals surface area (Å²) in [5.41, 5.74) is 2.01. The topological polar surface area (TPSA) is 27.0 Å². The van der Waals surface area contributed by atoms with E-state index in [4.69, 9.17) is 0 Å². The summed E-state index contributed by atoms with van der Waals surface area (Å²) in [7, 11) is 2.09. The van der Waals surface area contributed by atoms with Crippen molar-refractivity contribution in [3.8, 4) is 17.9 Å². The molecule has 2 aromatic rings. The van der Waals surface area contributed by atoms with Gasteiger partial charge >= 0.3 is 0 Å². The van der Waals surface area contributed by atoms with E-state index in [1.807, 2.05) is 30.3 Å². The standard InChI is InChI=1S/C22H24N2/c1-22(2,3)14-8-5-9-15-24(4)17-19-13-12-18(16-23)20-10-6-7-11-21(19)20/h5-7,9-13H,15,17H2,1-4H3/b9-5+. The minimum absolute atomic E-state index is 0.0393. The number of hydrogen-bond acceptors (Lipinski definition) is 2. The molecule has 0 N–H and O–H groups in total. The van der Waals surface area contributed by atoms with Crippen molar-refractivity contribution in [2.24, 2.45) is 5.41 Å². The predicted molar refractivity (Wildman–Crippen MR) is 101 cm³/mol. The van der Waals surface area contributed by atoms with Crippen LogP contribution in [0.5, 0.6) is 0 Å². The average Bonchev–Trinajstić information content (AvgIpc) is 2.54. The third kappa shape index (κ3) is 4.98. The summed E-state index contributed by atoms with van der Waals surface area (Å²) in [4.78, 5) is 2.24. The minimum atomic E-state index is 0.0393. The first-order valence-electron chi connectivity index (χ1n) is 8.18. The maximum atomic E-state index is 9.25. The normalized spacial score (nSPS) is 11.5. The highest BCUT2D eigenvalue weighted by Gasteiger charge is 2.07. The molecule has 2 rings (SSSR count). The van der Waals surface area contributed by atoms with E-state index in [-0.39, 0.29) is 5.41 Å². The Labute approximate surface area is 145 Å². The largest absolute Gasteiger partial charge is 0.298 e. The molecule has 0 aliphatic rings. The smallest absolute Gasteiger partial charge is 0.0998 e. The number of hydrogen-bond donors (Lipinski definition) is 0. The van der Waals surface area contributed by atoms with Crippen LogP contribution in [0.3, 0.4) is 0 Å². The fourth-order valence-electron chi connectivity index (χ4n) is 2.50. The Hall–Kier alpha value is -2.55. The van der Waals surface area contributed by atoms with Gasteiger partial charge in [0.2, 0.25) is 0 Å². The van der Waals surface area contributed by atoms with Crippen LogP contribution >= 0.6 is 0 Å². The molecule has 0 aromatic heterocycles. The lowest BCUT2D eigenvalue weighted by Crippen LogP contribution is -2.17. The van der Waals surface area contributed by atoms with Crippen LogP contribution < -0.4 is 0 Å². The first-order chi connectivity index (χ1) is 11.4. The summed E-state index contributed by atoms with van der Waals surface area (Å²) >= 11 is 0. The Bertz CT molecular complexity index is 836. The molecule has 0 spiro atoms. The Balaban J connectivity index is 2.09.